The van der Waals surface area contributed by atoms with E-state index in [1.807, 2.05) is 19.1 Å². The number of furan rings is 1. The number of hydrogen-bond donors (Lipinski definition) is 1. The minimum Gasteiger partial charge on any atom is -0.464 e. The predicted octanol–water partition coefficient (Wildman–Crippen LogP) is 2.73. The number of nitrogens with zero attached hydrogens (tertiary/aromatic N) is 2. The van der Waals surface area contributed by atoms with Crippen LogP contribution in [0.2, 0.25) is 0 Å². The summed E-state index contributed by atoms with van der Waals surface area (Å²) in [6, 6.07) is 4.35. The fourth-order valence-electron chi connectivity index (χ4n) is 2.38. The molecule has 1 saturated heterocycles. The lowest BCUT2D eigenvalue weighted by Gasteiger charge is -2.34. The Bertz CT molecular complexity index is 674. The third kappa shape index (κ3) is 2.94. The Labute approximate surface area is 126 Å². The molecule has 0 spiro atoms. The average molecular weight is 305 g/mol. The smallest absolute Gasteiger partial charge is 0.322 e. The molecule has 0 radical (unpaired) electrons. The summed E-state index contributed by atoms with van der Waals surface area (Å²) in [5, 5.41) is 2.56. The molecule has 116 valence electrons. The minimum atomic E-state index is -0.575. The van der Waals surface area contributed by atoms with Crippen LogP contribution < -0.4 is 5.32 Å². The van der Waals surface area contributed by atoms with Crippen LogP contribution in [0, 0.1) is 12.7 Å². The Kier molecular flexibility index (Phi) is 4.06. The van der Waals surface area contributed by atoms with Gasteiger partial charge in [0.05, 0.1) is 25.1 Å². The summed E-state index contributed by atoms with van der Waals surface area (Å²) in [6.07, 6.45) is 2.48. The number of aromatic nitrogens is 1. The van der Waals surface area contributed by atoms with E-state index < -0.39 is 11.8 Å². The van der Waals surface area contributed by atoms with E-state index in [1.54, 1.807) is 4.90 Å². The van der Waals surface area contributed by atoms with E-state index in [-0.39, 0.29) is 11.7 Å². The van der Waals surface area contributed by atoms with Gasteiger partial charge < -0.3 is 19.4 Å². The highest BCUT2D eigenvalue weighted by atomic mass is 19.1. The summed E-state index contributed by atoms with van der Waals surface area (Å²) < 4.78 is 24.6. The molecule has 0 bridgehead atoms. The van der Waals surface area contributed by atoms with E-state index in [4.69, 9.17) is 9.15 Å². The number of urea groups is 1. The van der Waals surface area contributed by atoms with Crippen LogP contribution in [0.15, 0.2) is 35.0 Å². The summed E-state index contributed by atoms with van der Waals surface area (Å²) in [6.45, 7) is 3.02. The highest BCUT2D eigenvalue weighted by Gasteiger charge is 2.31. The van der Waals surface area contributed by atoms with Crippen molar-refractivity contribution in [3.63, 3.8) is 0 Å². The van der Waals surface area contributed by atoms with Crippen LogP contribution in [0.4, 0.5) is 14.9 Å². The summed E-state index contributed by atoms with van der Waals surface area (Å²) in [5.41, 5.74) is 0.0980. The molecule has 0 aromatic carbocycles. The van der Waals surface area contributed by atoms with Gasteiger partial charge >= 0.3 is 6.03 Å². The maximum Gasteiger partial charge on any atom is 0.322 e. The van der Waals surface area contributed by atoms with Crippen LogP contribution in [0.25, 0.3) is 0 Å². The third-order valence-corrected chi connectivity index (χ3v) is 3.49. The van der Waals surface area contributed by atoms with E-state index in [0.29, 0.717) is 25.5 Å². The number of halogens is 1. The zero-order valence-corrected chi connectivity index (χ0v) is 12.1. The predicted molar refractivity (Wildman–Crippen MR) is 76.9 cm³/mol. The first-order valence-corrected chi connectivity index (χ1v) is 6.96. The number of morpholine rings is 1. The number of aryl methyl sites for hydroxylation is 1. The van der Waals surface area contributed by atoms with Crippen LogP contribution in [-0.2, 0) is 4.74 Å². The molecule has 22 heavy (non-hydrogen) atoms. The second kappa shape index (κ2) is 6.15. The Morgan fingerprint density at radius 1 is 1.45 bits per heavy atom. The van der Waals surface area contributed by atoms with E-state index in [1.165, 1.54) is 12.3 Å². The first kappa shape index (κ1) is 14.5. The standard InChI is InChI=1S/C15H16FN3O3/c1-10-2-3-14(22-10)13-9-21-7-6-19(13)15(20)18-12-4-5-17-8-11(12)16/h2-5,8,13H,6-7,9H2,1H3,(H,17,18,20)/t13-/m1/s1. The number of amides is 2. The van der Waals surface area contributed by atoms with Crippen molar-refractivity contribution in [1.82, 2.24) is 9.88 Å². The maximum absolute atomic E-state index is 13.6. The normalized spacial score (nSPS) is 18.3. The van der Waals surface area contributed by atoms with Crippen LogP contribution in [-0.4, -0.2) is 35.7 Å². The molecule has 0 unspecified atom stereocenters. The largest absolute Gasteiger partial charge is 0.464 e. The quantitative estimate of drug-likeness (QED) is 0.926. The number of pyridine rings is 1. The van der Waals surface area contributed by atoms with Gasteiger partial charge in [-0.3, -0.25) is 4.98 Å². The molecule has 3 heterocycles. The van der Waals surface area contributed by atoms with Crippen molar-refractivity contribution in [1.29, 1.82) is 0 Å². The van der Waals surface area contributed by atoms with Gasteiger partial charge in [-0.2, -0.15) is 0 Å². The highest BCUT2D eigenvalue weighted by molar-refractivity contribution is 5.89. The van der Waals surface area contributed by atoms with Crippen LogP contribution in [0.3, 0.4) is 0 Å². The molecule has 7 heteroatoms. The number of ether oxygens (including phenoxy) is 1. The lowest BCUT2D eigenvalue weighted by atomic mass is 10.2. The Balaban J connectivity index is 1.78. The van der Waals surface area contributed by atoms with Crippen molar-refractivity contribution in [3.8, 4) is 0 Å². The van der Waals surface area contributed by atoms with Gasteiger partial charge in [-0.1, -0.05) is 0 Å². The topological polar surface area (TPSA) is 67.6 Å². The summed E-state index contributed by atoms with van der Waals surface area (Å²) >= 11 is 0. The molecule has 2 aromatic heterocycles. The number of anilines is 1. The minimum absolute atomic E-state index is 0.0980. The van der Waals surface area contributed by atoms with E-state index in [0.717, 1.165) is 12.0 Å². The number of nitrogens with one attached hydrogen (secondary N) is 1. The Hall–Kier alpha value is -2.41. The molecule has 2 amide bonds. The SMILES string of the molecule is Cc1ccc([C@H]2COCCN2C(=O)Nc2ccncc2F)o1. The van der Waals surface area contributed by atoms with Gasteiger partial charge in [-0.25, -0.2) is 9.18 Å². The molecular formula is C15H16FN3O3. The second-order valence-electron chi connectivity index (χ2n) is 5.02. The molecule has 1 fully saturated rings. The molecule has 0 aliphatic carbocycles. The highest BCUT2D eigenvalue weighted by Crippen LogP contribution is 2.26. The first-order valence-electron chi connectivity index (χ1n) is 6.96. The van der Waals surface area contributed by atoms with Gasteiger partial charge in [0.1, 0.15) is 17.6 Å². The van der Waals surface area contributed by atoms with Crippen molar-refractivity contribution < 1.29 is 18.3 Å². The molecule has 1 aliphatic heterocycles. The zero-order valence-electron chi connectivity index (χ0n) is 12.1. The number of rotatable bonds is 2. The molecule has 1 N–H and O–H groups in total. The fourth-order valence-corrected chi connectivity index (χ4v) is 2.38. The summed E-state index contributed by atoms with van der Waals surface area (Å²) in [5.74, 6) is 0.846. The number of carbonyl (C=O) groups is 1. The van der Waals surface area contributed by atoms with Crippen molar-refractivity contribution in [2.75, 3.05) is 25.1 Å². The fraction of sp³-hybridized carbons (Fsp3) is 0.333. The zero-order chi connectivity index (χ0) is 15.5. The Morgan fingerprint density at radius 2 is 2.32 bits per heavy atom. The summed E-state index contributed by atoms with van der Waals surface area (Å²) in [4.78, 5) is 17.7. The van der Waals surface area contributed by atoms with Crippen molar-refractivity contribution >= 4 is 11.7 Å². The molecule has 0 saturated carbocycles. The van der Waals surface area contributed by atoms with Crippen LogP contribution in [0.1, 0.15) is 17.6 Å². The van der Waals surface area contributed by atoms with E-state index in [9.17, 15) is 9.18 Å². The maximum atomic E-state index is 13.6. The monoisotopic (exact) mass is 305 g/mol. The number of carbonyl (C=O) groups excluding carboxylic acids is 1. The molecular weight excluding hydrogens is 289 g/mol. The average Bonchev–Trinajstić information content (AvgIpc) is 2.96. The lowest BCUT2D eigenvalue weighted by molar-refractivity contribution is 0.00708. The summed E-state index contributed by atoms with van der Waals surface area (Å²) in [7, 11) is 0. The Morgan fingerprint density at radius 3 is 3.05 bits per heavy atom. The van der Waals surface area contributed by atoms with Gasteiger partial charge in [0.25, 0.3) is 0 Å². The van der Waals surface area contributed by atoms with Gasteiger partial charge in [0, 0.05) is 12.7 Å². The van der Waals surface area contributed by atoms with Gasteiger partial charge in [-0.15, -0.1) is 0 Å². The molecule has 6 nitrogen and oxygen atoms in total. The van der Waals surface area contributed by atoms with E-state index in [2.05, 4.69) is 10.3 Å². The van der Waals surface area contributed by atoms with E-state index >= 15 is 0 Å². The van der Waals surface area contributed by atoms with Crippen LogP contribution >= 0.6 is 0 Å². The van der Waals surface area contributed by atoms with Crippen molar-refractivity contribution in [3.05, 3.63) is 47.9 Å². The molecule has 3 rings (SSSR count). The molecule has 1 aliphatic rings. The van der Waals surface area contributed by atoms with Gasteiger partial charge in [0.15, 0.2) is 5.82 Å². The van der Waals surface area contributed by atoms with Gasteiger partial charge in [-0.05, 0) is 25.1 Å². The van der Waals surface area contributed by atoms with Crippen LogP contribution in [0.5, 0.6) is 0 Å². The first-order chi connectivity index (χ1) is 10.6. The second-order valence-corrected chi connectivity index (χ2v) is 5.02. The van der Waals surface area contributed by atoms with Gasteiger partial charge in [0.2, 0.25) is 0 Å². The number of hydrogen-bond acceptors (Lipinski definition) is 4. The third-order valence-electron chi connectivity index (χ3n) is 3.49. The molecule has 1 atom stereocenters. The lowest BCUT2D eigenvalue weighted by Crippen LogP contribution is -2.45. The van der Waals surface area contributed by atoms with Crippen molar-refractivity contribution in [2.24, 2.45) is 0 Å². The van der Waals surface area contributed by atoms with Crippen molar-refractivity contribution in [2.45, 2.75) is 13.0 Å². The molecule has 2 aromatic rings.